The SMILES string of the molecule is O=C1[C@H](Cc2c[nH]c3ccccc23)N(/C=C/c2ccccc2)C(=O)N1c1ccccc1. The number of carbonyl (C=O) groups is 2. The molecule has 3 aromatic carbocycles. The van der Waals surface area contributed by atoms with Crippen LogP contribution in [0.4, 0.5) is 10.5 Å². The maximum Gasteiger partial charge on any atom is 0.336 e. The Morgan fingerprint density at radius 2 is 1.52 bits per heavy atom. The molecule has 0 unspecified atom stereocenters. The fraction of sp³-hybridized carbons (Fsp3) is 0.0769. The van der Waals surface area contributed by atoms with E-state index in [0.29, 0.717) is 12.1 Å². The van der Waals surface area contributed by atoms with Gasteiger partial charge in [0.2, 0.25) is 0 Å². The van der Waals surface area contributed by atoms with E-state index in [-0.39, 0.29) is 11.9 Å². The molecular formula is C26H21N3O2. The van der Waals surface area contributed by atoms with Crippen LogP contribution in [0.5, 0.6) is 0 Å². The topological polar surface area (TPSA) is 56.4 Å². The summed E-state index contributed by atoms with van der Waals surface area (Å²) < 4.78 is 0. The number of urea groups is 1. The number of rotatable bonds is 5. The molecule has 5 rings (SSSR count). The monoisotopic (exact) mass is 407 g/mol. The lowest BCUT2D eigenvalue weighted by molar-refractivity contribution is -0.119. The molecule has 3 amide bonds. The molecule has 0 spiro atoms. The van der Waals surface area contributed by atoms with Crippen molar-refractivity contribution in [1.29, 1.82) is 0 Å². The molecule has 1 aromatic heterocycles. The molecule has 1 aliphatic heterocycles. The number of imide groups is 1. The van der Waals surface area contributed by atoms with Gasteiger partial charge in [0, 0.05) is 29.7 Å². The molecular weight excluding hydrogens is 386 g/mol. The highest BCUT2D eigenvalue weighted by atomic mass is 16.2. The predicted octanol–water partition coefficient (Wildman–Crippen LogP) is 5.22. The Balaban J connectivity index is 1.52. The van der Waals surface area contributed by atoms with Gasteiger partial charge in [0.25, 0.3) is 5.91 Å². The summed E-state index contributed by atoms with van der Waals surface area (Å²) in [6.07, 6.45) is 5.93. The highest BCUT2D eigenvalue weighted by molar-refractivity contribution is 6.21. The van der Waals surface area contributed by atoms with Gasteiger partial charge in [0.1, 0.15) is 6.04 Å². The number of hydrogen-bond donors (Lipinski definition) is 1. The summed E-state index contributed by atoms with van der Waals surface area (Å²) in [5.41, 5.74) is 3.57. The fourth-order valence-corrected chi connectivity index (χ4v) is 4.02. The summed E-state index contributed by atoms with van der Waals surface area (Å²) >= 11 is 0. The van der Waals surface area contributed by atoms with Crippen LogP contribution in [0.15, 0.2) is 97.3 Å². The van der Waals surface area contributed by atoms with Crippen molar-refractivity contribution < 1.29 is 9.59 Å². The van der Waals surface area contributed by atoms with Crippen molar-refractivity contribution in [3.63, 3.8) is 0 Å². The first kappa shape index (κ1) is 18.9. The number of aromatic nitrogens is 1. The molecule has 5 nitrogen and oxygen atoms in total. The van der Waals surface area contributed by atoms with Crippen LogP contribution in [0, 0.1) is 0 Å². The molecule has 0 saturated carbocycles. The number of nitrogens with zero attached hydrogens (tertiary/aromatic N) is 2. The third-order valence-corrected chi connectivity index (χ3v) is 5.58. The summed E-state index contributed by atoms with van der Waals surface area (Å²) in [7, 11) is 0. The number of aromatic amines is 1. The summed E-state index contributed by atoms with van der Waals surface area (Å²) in [6.45, 7) is 0. The van der Waals surface area contributed by atoms with Crippen molar-refractivity contribution in [2.24, 2.45) is 0 Å². The Labute approximate surface area is 180 Å². The minimum atomic E-state index is -0.619. The van der Waals surface area contributed by atoms with Crippen LogP contribution < -0.4 is 4.90 Å². The first-order valence-electron chi connectivity index (χ1n) is 10.2. The van der Waals surface area contributed by atoms with Crippen LogP contribution in [0.2, 0.25) is 0 Å². The first-order valence-corrected chi connectivity index (χ1v) is 10.2. The number of para-hydroxylation sites is 2. The molecule has 0 bridgehead atoms. The predicted molar refractivity (Wildman–Crippen MR) is 122 cm³/mol. The normalized spacial score (nSPS) is 16.7. The Kier molecular flexibility index (Phi) is 4.84. The van der Waals surface area contributed by atoms with Crippen LogP contribution in [0.3, 0.4) is 0 Å². The summed E-state index contributed by atoms with van der Waals surface area (Å²) in [6, 6.07) is 25.8. The standard InChI is InChI=1S/C26H21N3O2/c30-25-24(17-20-18-27-23-14-8-7-13-22(20)23)28(16-15-19-9-3-1-4-10-19)26(31)29(25)21-11-5-2-6-12-21/h1-16,18,24,27H,17H2/b16-15+/t24-/m0/s1. The third-order valence-electron chi connectivity index (χ3n) is 5.58. The lowest BCUT2D eigenvalue weighted by Gasteiger charge is -2.17. The number of benzene rings is 3. The molecule has 1 fully saturated rings. The molecule has 152 valence electrons. The lowest BCUT2D eigenvalue weighted by Crippen LogP contribution is -2.32. The van der Waals surface area contributed by atoms with E-state index in [2.05, 4.69) is 4.98 Å². The van der Waals surface area contributed by atoms with E-state index >= 15 is 0 Å². The van der Waals surface area contributed by atoms with E-state index in [1.54, 1.807) is 23.2 Å². The molecule has 4 aromatic rings. The van der Waals surface area contributed by atoms with E-state index < -0.39 is 6.04 Å². The van der Waals surface area contributed by atoms with E-state index in [1.807, 2.05) is 85.1 Å². The largest absolute Gasteiger partial charge is 0.361 e. The van der Waals surface area contributed by atoms with Crippen molar-refractivity contribution in [2.75, 3.05) is 4.90 Å². The lowest BCUT2D eigenvalue weighted by atomic mass is 10.0. The Hall–Kier alpha value is -4.12. The third kappa shape index (κ3) is 3.51. The summed E-state index contributed by atoms with van der Waals surface area (Å²) in [4.78, 5) is 32.8. The number of amides is 3. The van der Waals surface area contributed by atoms with Gasteiger partial charge in [-0.3, -0.25) is 9.69 Å². The van der Waals surface area contributed by atoms with E-state index in [1.165, 1.54) is 4.90 Å². The van der Waals surface area contributed by atoms with E-state index in [9.17, 15) is 9.59 Å². The van der Waals surface area contributed by atoms with Gasteiger partial charge in [-0.15, -0.1) is 0 Å². The smallest absolute Gasteiger partial charge is 0.336 e. The molecule has 0 aliphatic carbocycles. The first-order chi connectivity index (χ1) is 15.2. The van der Waals surface area contributed by atoms with Crippen LogP contribution in [-0.4, -0.2) is 27.9 Å². The highest BCUT2D eigenvalue weighted by Gasteiger charge is 2.45. The van der Waals surface area contributed by atoms with Crippen molar-refractivity contribution in [3.05, 3.63) is 108 Å². The second-order valence-electron chi connectivity index (χ2n) is 7.50. The van der Waals surface area contributed by atoms with E-state index in [0.717, 1.165) is 22.0 Å². The van der Waals surface area contributed by atoms with Gasteiger partial charge in [-0.1, -0.05) is 66.7 Å². The average Bonchev–Trinajstić information content (AvgIpc) is 3.32. The van der Waals surface area contributed by atoms with Gasteiger partial charge in [0.05, 0.1) is 5.69 Å². The van der Waals surface area contributed by atoms with Crippen LogP contribution in [0.1, 0.15) is 11.1 Å². The Morgan fingerprint density at radius 1 is 0.839 bits per heavy atom. The van der Waals surface area contributed by atoms with Crippen LogP contribution in [-0.2, 0) is 11.2 Å². The average molecular weight is 407 g/mol. The maximum atomic E-state index is 13.4. The maximum absolute atomic E-state index is 13.4. The molecule has 1 aliphatic rings. The molecule has 1 atom stereocenters. The van der Waals surface area contributed by atoms with Gasteiger partial charge in [-0.2, -0.15) is 0 Å². The Bertz CT molecular complexity index is 1260. The van der Waals surface area contributed by atoms with E-state index in [4.69, 9.17) is 0 Å². The minimum absolute atomic E-state index is 0.223. The Morgan fingerprint density at radius 3 is 2.29 bits per heavy atom. The number of carbonyl (C=O) groups excluding carboxylic acids is 2. The van der Waals surface area contributed by atoms with Gasteiger partial charge in [-0.05, 0) is 35.4 Å². The van der Waals surface area contributed by atoms with Gasteiger partial charge < -0.3 is 4.98 Å². The summed E-state index contributed by atoms with van der Waals surface area (Å²) in [5.74, 6) is -0.223. The van der Waals surface area contributed by atoms with Crippen molar-refractivity contribution >= 4 is 34.6 Å². The number of nitrogens with one attached hydrogen (secondary N) is 1. The molecule has 1 N–H and O–H groups in total. The zero-order chi connectivity index (χ0) is 21.2. The number of fused-ring (bicyclic) bond motifs is 1. The molecule has 1 saturated heterocycles. The molecule has 2 heterocycles. The molecule has 5 heteroatoms. The minimum Gasteiger partial charge on any atom is -0.361 e. The van der Waals surface area contributed by atoms with Gasteiger partial charge in [0.15, 0.2) is 0 Å². The van der Waals surface area contributed by atoms with Crippen LogP contribution in [0.25, 0.3) is 17.0 Å². The fourth-order valence-electron chi connectivity index (χ4n) is 4.02. The number of anilines is 1. The van der Waals surface area contributed by atoms with Gasteiger partial charge in [-0.25, -0.2) is 9.69 Å². The van der Waals surface area contributed by atoms with Gasteiger partial charge >= 0.3 is 6.03 Å². The van der Waals surface area contributed by atoms with Crippen LogP contribution >= 0.6 is 0 Å². The summed E-state index contributed by atoms with van der Waals surface area (Å²) in [5, 5.41) is 1.06. The second-order valence-corrected chi connectivity index (χ2v) is 7.50. The quantitative estimate of drug-likeness (QED) is 0.461. The van der Waals surface area contributed by atoms with Crippen molar-refractivity contribution in [1.82, 2.24) is 9.88 Å². The van der Waals surface area contributed by atoms with Crippen molar-refractivity contribution in [3.8, 4) is 0 Å². The zero-order valence-corrected chi connectivity index (χ0v) is 16.8. The number of H-pyrrole nitrogens is 1. The molecule has 0 radical (unpaired) electrons. The highest BCUT2D eigenvalue weighted by Crippen LogP contribution is 2.29. The zero-order valence-electron chi connectivity index (χ0n) is 16.8. The molecule has 31 heavy (non-hydrogen) atoms. The second kappa shape index (κ2) is 7.95. The number of hydrogen-bond acceptors (Lipinski definition) is 2. The van der Waals surface area contributed by atoms with Crippen molar-refractivity contribution in [2.45, 2.75) is 12.5 Å².